The zero-order valence-corrected chi connectivity index (χ0v) is 9.99. The second kappa shape index (κ2) is 5.18. The van der Waals surface area contributed by atoms with Gasteiger partial charge in [-0.2, -0.15) is 0 Å². The minimum Gasteiger partial charge on any atom is -0.472 e. The normalized spacial score (nSPS) is 10.7. The van der Waals surface area contributed by atoms with E-state index in [0.717, 1.165) is 5.56 Å². The minimum atomic E-state index is -0.610. The predicted molar refractivity (Wildman–Crippen MR) is 65.1 cm³/mol. The fraction of sp³-hybridized carbons (Fsp3) is 0.231. The van der Waals surface area contributed by atoms with E-state index in [-0.39, 0.29) is 12.2 Å². The molecule has 0 aliphatic carbocycles. The van der Waals surface area contributed by atoms with Crippen LogP contribution in [0.2, 0.25) is 0 Å². The van der Waals surface area contributed by atoms with Crippen molar-refractivity contribution < 1.29 is 13.2 Å². The summed E-state index contributed by atoms with van der Waals surface area (Å²) in [5.41, 5.74) is 6.58. The lowest BCUT2D eigenvalue weighted by atomic mass is 10.1. The predicted octanol–water partition coefficient (Wildman–Crippen LogP) is 2.65. The van der Waals surface area contributed by atoms with Gasteiger partial charge in [0.25, 0.3) is 0 Å². The van der Waals surface area contributed by atoms with Gasteiger partial charge in [-0.1, -0.05) is 0 Å². The molecular formula is C13H14F2N2O. The molecule has 2 N–H and O–H groups in total. The molecule has 0 aliphatic rings. The number of halogens is 2. The summed E-state index contributed by atoms with van der Waals surface area (Å²) in [6, 6.07) is 4.26. The SMILES string of the molecule is CN(Cc1ccoc1)c1c(F)cc(CN)cc1F. The highest BCUT2D eigenvalue weighted by molar-refractivity contribution is 5.50. The lowest BCUT2D eigenvalue weighted by molar-refractivity contribution is 0.560. The Kier molecular flexibility index (Phi) is 3.62. The molecule has 0 spiro atoms. The van der Waals surface area contributed by atoms with Crippen LogP contribution in [0.4, 0.5) is 14.5 Å². The average Bonchev–Trinajstić information content (AvgIpc) is 2.80. The molecule has 0 radical (unpaired) electrons. The fourth-order valence-electron chi connectivity index (χ4n) is 1.84. The van der Waals surface area contributed by atoms with E-state index in [4.69, 9.17) is 10.2 Å². The first-order chi connectivity index (χ1) is 8.61. The first-order valence-corrected chi connectivity index (χ1v) is 5.52. The summed E-state index contributed by atoms with van der Waals surface area (Å²) >= 11 is 0. The third-order valence-electron chi connectivity index (χ3n) is 2.69. The molecular weight excluding hydrogens is 238 g/mol. The van der Waals surface area contributed by atoms with Gasteiger partial charge in [0.15, 0.2) is 0 Å². The number of anilines is 1. The summed E-state index contributed by atoms with van der Waals surface area (Å²) in [6.45, 7) is 0.478. The second-order valence-electron chi connectivity index (χ2n) is 4.10. The van der Waals surface area contributed by atoms with Gasteiger partial charge in [0.05, 0.1) is 12.5 Å². The van der Waals surface area contributed by atoms with Crippen LogP contribution in [-0.4, -0.2) is 7.05 Å². The fourth-order valence-corrected chi connectivity index (χ4v) is 1.84. The van der Waals surface area contributed by atoms with Gasteiger partial charge in [-0.05, 0) is 23.8 Å². The first kappa shape index (κ1) is 12.6. The Morgan fingerprint density at radius 1 is 1.22 bits per heavy atom. The van der Waals surface area contributed by atoms with Crippen LogP contribution in [0.15, 0.2) is 35.1 Å². The Morgan fingerprint density at radius 2 is 1.89 bits per heavy atom. The van der Waals surface area contributed by atoms with E-state index in [2.05, 4.69) is 0 Å². The van der Waals surface area contributed by atoms with Gasteiger partial charge in [0, 0.05) is 25.7 Å². The molecule has 0 aliphatic heterocycles. The van der Waals surface area contributed by atoms with Crippen molar-refractivity contribution in [2.24, 2.45) is 5.73 Å². The lowest BCUT2D eigenvalue weighted by Crippen LogP contribution is -2.19. The molecule has 1 aromatic carbocycles. The molecule has 0 saturated heterocycles. The standard InChI is InChI=1S/C13H14F2N2O/c1-17(7-9-2-3-18-8-9)13-11(14)4-10(6-16)5-12(13)15/h2-5,8H,6-7,16H2,1H3. The molecule has 3 nitrogen and oxygen atoms in total. The Bertz CT molecular complexity index is 503. The van der Waals surface area contributed by atoms with E-state index in [9.17, 15) is 8.78 Å². The van der Waals surface area contributed by atoms with Crippen LogP contribution in [0.1, 0.15) is 11.1 Å². The van der Waals surface area contributed by atoms with Crippen molar-refractivity contribution >= 4 is 5.69 Å². The van der Waals surface area contributed by atoms with Crippen LogP contribution < -0.4 is 10.6 Å². The molecule has 0 fully saturated rings. The van der Waals surface area contributed by atoms with Crippen LogP contribution in [0.3, 0.4) is 0 Å². The van der Waals surface area contributed by atoms with Crippen molar-refractivity contribution in [2.75, 3.05) is 11.9 Å². The minimum absolute atomic E-state index is 0.0617. The van der Waals surface area contributed by atoms with E-state index >= 15 is 0 Å². The topological polar surface area (TPSA) is 42.4 Å². The third-order valence-corrected chi connectivity index (χ3v) is 2.69. The molecule has 0 unspecified atom stereocenters. The lowest BCUT2D eigenvalue weighted by Gasteiger charge is -2.20. The highest BCUT2D eigenvalue weighted by Crippen LogP contribution is 2.25. The van der Waals surface area contributed by atoms with Crippen molar-refractivity contribution in [2.45, 2.75) is 13.1 Å². The van der Waals surface area contributed by atoms with Crippen molar-refractivity contribution in [3.63, 3.8) is 0 Å². The number of nitrogens with zero attached hydrogens (tertiary/aromatic N) is 1. The summed E-state index contributed by atoms with van der Waals surface area (Å²) < 4.78 is 32.6. The van der Waals surface area contributed by atoms with E-state index < -0.39 is 11.6 Å². The van der Waals surface area contributed by atoms with Crippen molar-refractivity contribution in [3.8, 4) is 0 Å². The second-order valence-corrected chi connectivity index (χ2v) is 4.10. The summed E-state index contributed by atoms with van der Waals surface area (Å²) in [5, 5.41) is 0. The first-order valence-electron chi connectivity index (χ1n) is 5.52. The number of hydrogen-bond acceptors (Lipinski definition) is 3. The summed E-state index contributed by atoms with van der Waals surface area (Å²) in [7, 11) is 1.62. The number of rotatable bonds is 4. The van der Waals surface area contributed by atoms with Crippen LogP contribution >= 0.6 is 0 Å². The average molecular weight is 252 g/mol. The van der Waals surface area contributed by atoms with Crippen molar-refractivity contribution in [3.05, 3.63) is 53.5 Å². The Hall–Kier alpha value is -1.88. The monoisotopic (exact) mass is 252 g/mol. The largest absolute Gasteiger partial charge is 0.472 e. The van der Waals surface area contributed by atoms with Gasteiger partial charge < -0.3 is 15.1 Å². The Balaban J connectivity index is 2.27. The van der Waals surface area contributed by atoms with Crippen LogP contribution in [-0.2, 0) is 13.1 Å². The Labute approximate surface area is 104 Å². The van der Waals surface area contributed by atoms with Gasteiger partial charge in [0.1, 0.15) is 17.3 Å². The molecule has 96 valence electrons. The number of hydrogen-bond donors (Lipinski definition) is 1. The van der Waals surface area contributed by atoms with E-state index in [1.807, 2.05) is 0 Å². The molecule has 2 aromatic rings. The molecule has 5 heteroatoms. The highest BCUT2D eigenvalue weighted by Gasteiger charge is 2.15. The molecule has 2 rings (SSSR count). The molecule has 1 aromatic heterocycles. The zero-order chi connectivity index (χ0) is 13.1. The maximum Gasteiger partial charge on any atom is 0.149 e. The maximum atomic E-state index is 13.8. The number of benzene rings is 1. The molecule has 0 amide bonds. The maximum absolute atomic E-state index is 13.8. The van der Waals surface area contributed by atoms with Crippen LogP contribution in [0.5, 0.6) is 0 Å². The van der Waals surface area contributed by atoms with E-state index in [0.29, 0.717) is 12.1 Å². The molecule has 0 atom stereocenters. The smallest absolute Gasteiger partial charge is 0.149 e. The third kappa shape index (κ3) is 2.51. The van der Waals surface area contributed by atoms with Gasteiger partial charge in [-0.25, -0.2) is 8.78 Å². The molecule has 18 heavy (non-hydrogen) atoms. The molecule has 1 heterocycles. The van der Waals surface area contributed by atoms with E-state index in [1.54, 1.807) is 19.4 Å². The summed E-state index contributed by atoms with van der Waals surface area (Å²) in [4.78, 5) is 1.50. The number of nitrogens with two attached hydrogens (primary N) is 1. The molecule has 0 bridgehead atoms. The van der Waals surface area contributed by atoms with Crippen molar-refractivity contribution in [1.29, 1.82) is 0 Å². The summed E-state index contributed by atoms with van der Waals surface area (Å²) in [5.74, 6) is -1.22. The van der Waals surface area contributed by atoms with Gasteiger partial charge in [0.2, 0.25) is 0 Å². The quantitative estimate of drug-likeness (QED) is 0.909. The number of furan rings is 1. The Morgan fingerprint density at radius 3 is 2.39 bits per heavy atom. The van der Waals surface area contributed by atoms with Gasteiger partial charge in [-0.3, -0.25) is 0 Å². The molecule has 0 saturated carbocycles. The zero-order valence-electron chi connectivity index (χ0n) is 9.99. The van der Waals surface area contributed by atoms with Gasteiger partial charge in [-0.15, -0.1) is 0 Å². The van der Waals surface area contributed by atoms with Crippen LogP contribution in [0, 0.1) is 11.6 Å². The van der Waals surface area contributed by atoms with Gasteiger partial charge >= 0.3 is 0 Å². The van der Waals surface area contributed by atoms with Crippen LogP contribution in [0.25, 0.3) is 0 Å². The highest BCUT2D eigenvalue weighted by atomic mass is 19.1. The van der Waals surface area contributed by atoms with E-state index in [1.165, 1.54) is 23.3 Å². The summed E-state index contributed by atoms with van der Waals surface area (Å²) in [6.07, 6.45) is 3.06. The van der Waals surface area contributed by atoms with Crippen molar-refractivity contribution in [1.82, 2.24) is 0 Å².